The summed E-state index contributed by atoms with van der Waals surface area (Å²) in [5, 5.41) is 13.8. The molecule has 0 saturated carbocycles. The van der Waals surface area contributed by atoms with Gasteiger partial charge in [-0.25, -0.2) is 14.6 Å². The molecule has 110 valence electrons. The van der Waals surface area contributed by atoms with E-state index < -0.39 is 5.97 Å². The summed E-state index contributed by atoms with van der Waals surface area (Å²) in [6.45, 7) is 8.41. The van der Waals surface area contributed by atoms with Gasteiger partial charge in [-0.1, -0.05) is 6.08 Å². The molecule has 1 rings (SSSR count). The molecular weight excluding hydrogens is 278 g/mol. The van der Waals surface area contributed by atoms with Gasteiger partial charge in [0, 0.05) is 30.9 Å². The Balaban J connectivity index is 2.44. The zero-order valence-electron chi connectivity index (χ0n) is 11.6. The first-order chi connectivity index (χ1) is 9.45. The number of nitrogens with zero attached hydrogens (tertiary/aromatic N) is 2. The second-order valence-electron chi connectivity index (χ2n) is 4.45. The Kier molecular flexibility index (Phi) is 6.17. The molecule has 20 heavy (non-hydrogen) atoms. The van der Waals surface area contributed by atoms with E-state index in [1.807, 2.05) is 13.8 Å². The maximum atomic E-state index is 11.9. The third kappa shape index (κ3) is 4.65. The van der Waals surface area contributed by atoms with Crippen LogP contribution in [0.5, 0.6) is 0 Å². The van der Waals surface area contributed by atoms with Crippen molar-refractivity contribution in [3.05, 3.63) is 28.7 Å². The van der Waals surface area contributed by atoms with Crippen molar-refractivity contribution in [1.82, 2.24) is 15.2 Å². The van der Waals surface area contributed by atoms with E-state index >= 15 is 0 Å². The lowest BCUT2D eigenvalue weighted by atomic mass is 10.3. The van der Waals surface area contributed by atoms with Gasteiger partial charge in [0.2, 0.25) is 0 Å². The van der Waals surface area contributed by atoms with Gasteiger partial charge in [0.1, 0.15) is 0 Å². The fraction of sp³-hybridized carbons (Fsp3) is 0.462. The first-order valence-corrected chi connectivity index (χ1v) is 7.16. The summed E-state index contributed by atoms with van der Waals surface area (Å²) in [7, 11) is 0. The standard InChI is InChI=1S/C13H19N3O3S/c1-4-7-16(9(2)3)13(19)14-6-5-11-15-10(8-20-11)12(17)18/h4,8-9H,1,5-7H2,2-3H3,(H,14,19)(H,17,18). The third-order valence-corrected chi connectivity index (χ3v) is 3.50. The van der Waals surface area contributed by atoms with Crippen LogP contribution in [0.25, 0.3) is 0 Å². The fourth-order valence-corrected chi connectivity index (χ4v) is 2.34. The number of aromatic carboxylic acids is 1. The molecule has 6 nitrogen and oxygen atoms in total. The van der Waals surface area contributed by atoms with Crippen molar-refractivity contribution in [2.45, 2.75) is 26.3 Å². The van der Waals surface area contributed by atoms with E-state index in [9.17, 15) is 9.59 Å². The number of carboxylic acids is 1. The quantitative estimate of drug-likeness (QED) is 0.754. The number of carboxylic acid groups (broad SMARTS) is 1. The van der Waals surface area contributed by atoms with E-state index in [0.29, 0.717) is 24.5 Å². The predicted molar refractivity (Wildman–Crippen MR) is 78.2 cm³/mol. The summed E-state index contributed by atoms with van der Waals surface area (Å²) in [6.07, 6.45) is 2.20. The second kappa shape index (κ2) is 7.64. The van der Waals surface area contributed by atoms with E-state index in [0.717, 1.165) is 0 Å². The molecule has 0 aliphatic rings. The molecule has 2 N–H and O–H groups in total. The molecule has 0 unspecified atom stereocenters. The molecule has 1 aromatic heterocycles. The van der Waals surface area contributed by atoms with Crippen LogP contribution in [-0.2, 0) is 6.42 Å². The van der Waals surface area contributed by atoms with Crippen LogP contribution in [0.1, 0.15) is 29.3 Å². The van der Waals surface area contributed by atoms with E-state index in [1.165, 1.54) is 16.7 Å². The normalized spacial score (nSPS) is 10.3. The molecular formula is C13H19N3O3S. The molecule has 0 aliphatic carbocycles. The largest absolute Gasteiger partial charge is 0.476 e. The van der Waals surface area contributed by atoms with Gasteiger partial charge in [0.15, 0.2) is 5.69 Å². The van der Waals surface area contributed by atoms with Crippen molar-refractivity contribution in [3.8, 4) is 0 Å². The summed E-state index contributed by atoms with van der Waals surface area (Å²) < 4.78 is 0. The molecule has 0 aliphatic heterocycles. The van der Waals surface area contributed by atoms with Gasteiger partial charge in [0.05, 0.1) is 5.01 Å². The molecule has 0 saturated heterocycles. The first-order valence-electron chi connectivity index (χ1n) is 6.28. The van der Waals surface area contributed by atoms with E-state index in [-0.39, 0.29) is 17.8 Å². The van der Waals surface area contributed by atoms with Crippen molar-refractivity contribution in [3.63, 3.8) is 0 Å². The smallest absolute Gasteiger partial charge is 0.355 e. The van der Waals surface area contributed by atoms with Gasteiger partial charge >= 0.3 is 12.0 Å². The number of carbonyl (C=O) groups is 2. The Hall–Kier alpha value is -1.89. The first kappa shape index (κ1) is 16.2. The van der Waals surface area contributed by atoms with Gasteiger partial charge in [-0.05, 0) is 13.8 Å². The number of thiazole rings is 1. The molecule has 0 radical (unpaired) electrons. The summed E-state index contributed by atoms with van der Waals surface area (Å²) >= 11 is 1.28. The van der Waals surface area contributed by atoms with Crippen molar-refractivity contribution >= 4 is 23.3 Å². The maximum Gasteiger partial charge on any atom is 0.355 e. The minimum Gasteiger partial charge on any atom is -0.476 e. The van der Waals surface area contributed by atoms with Crippen molar-refractivity contribution < 1.29 is 14.7 Å². The predicted octanol–water partition coefficient (Wildman–Crippen LogP) is 1.99. The van der Waals surface area contributed by atoms with Gasteiger partial charge in [-0.3, -0.25) is 0 Å². The van der Waals surface area contributed by atoms with Crippen LogP contribution in [-0.4, -0.2) is 46.1 Å². The Morgan fingerprint density at radius 1 is 1.60 bits per heavy atom. The van der Waals surface area contributed by atoms with Crippen LogP contribution in [0.3, 0.4) is 0 Å². The summed E-state index contributed by atoms with van der Waals surface area (Å²) in [5.41, 5.74) is 0.0480. The minimum absolute atomic E-state index is 0.0480. The highest BCUT2D eigenvalue weighted by atomic mass is 32.1. The Labute approximate surface area is 122 Å². The number of hydrogen-bond acceptors (Lipinski definition) is 4. The number of rotatable bonds is 7. The van der Waals surface area contributed by atoms with Crippen LogP contribution in [0, 0.1) is 0 Å². The highest BCUT2D eigenvalue weighted by molar-refractivity contribution is 7.09. The van der Waals surface area contributed by atoms with Crippen LogP contribution in [0.2, 0.25) is 0 Å². The summed E-state index contributed by atoms with van der Waals surface area (Å²) in [4.78, 5) is 28.3. The molecule has 0 fully saturated rings. The molecule has 2 amide bonds. The van der Waals surface area contributed by atoms with E-state index in [2.05, 4.69) is 16.9 Å². The van der Waals surface area contributed by atoms with Crippen molar-refractivity contribution in [2.75, 3.05) is 13.1 Å². The molecule has 0 atom stereocenters. The van der Waals surface area contributed by atoms with Gasteiger partial charge < -0.3 is 15.3 Å². The van der Waals surface area contributed by atoms with Crippen molar-refractivity contribution in [1.29, 1.82) is 0 Å². The monoisotopic (exact) mass is 297 g/mol. The van der Waals surface area contributed by atoms with Crippen LogP contribution in [0.15, 0.2) is 18.0 Å². The molecule has 1 aromatic rings. The SMILES string of the molecule is C=CCN(C(=O)NCCc1nc(C(=O)O)cs1)C(C)C. The summed E-state index contributed by atoms with van der Waals surface area (Å²) in [6, 6.07) is -0.0682. The Morgan fingerprint density at radius 3 is 2.80 bits per heavy atom. The Morgan fingerprint density at radius 2 is 2.30 bits per heavy atom. The zero-order valence-corrected chi connectivity index (χ0v) is 12.4. The van der Waals surface area contributed by atoms with E-state index in [4.69, 9.17) is 5.11 Å². The highest BCUT2D eigenvalue weighted by Crippen LogP contribution is 2.10. The molecule has 7 heteroatoms. The van der Waals surface area contributed by atoms with Crippen LogP contribution < -0.4 is 5.32 Å². The molecule has 0 aromatic carbocycles. The second-order valence-corrected chi connectivity index (χ2v) is 5.39. The van der Waals surface area contributed by atoms with Gasteiger partial charge in [0.25, 0.3) is 0 Å². The number of nitrogens with one attached hydrogen (secondary N) is 1. The highest BCUT2D eigenvalue weighted by Gasteiger charge is 2.15. The van der Waals surface area contributed by atoms with E-state index in [1.54, 1.807) is 11.0 Å². The average molecular weight is 297 g/mol. The lowest BCUT2D eigenvalue weighted by Gasteiger charge is -2.25. The molecule has 0 spiro atoms. The molecule has 1 heterocycles. The van der Waals surface area contributed by atoms with Crippen LogP contribution >= 0.6 is 11.3 Å². The lowest BCUT2D eigenvalue weighted by Crippen LogP contribution is -2.44. The molecule has 0 bridgehead atoms. The Bertz CT molecular complexity index is 485. The minimum atomic E-state index is -1.03. The number of carbonyl (C=O) groups excluding carboxylic acids is 1. The number of aromatic nitrogens is 1. The lowest BCUT2D eigenvalue weighted by molar-refractivity contribution is 0.0691. The fourth-order valence-electron chi connectivity index (χ4n) is 1.57. The zero-order chi connectivity index (χ0) is 15.1. The summed E-state index contributed by atoms with van der Waals surface area (Å²) in [5.74, 6) is -1.03. The third-order valence-electron chi connectivity index (χ3n) is 2.60. The number of urea groups is 1. The topological polar surface area (TPSA) is 82.5 Å². The van der Waals surface area contributed by atoms with Crippen LogP contribution in [0.4, 0.5) is 4.79 Å². The van der Waals surface area contributed by atoms with Gasteiger partial charge in [-0.15, -0.1) is 17.9 Å². The van der Waals surface area contributed by atoms with Crippen molar-refractivity contribution in [2.24, 2.45) is 0 Å². The average Bonchev–Trinajstić information content (AvgIpc) is 2.84. The number of hydrogen-bond donors (Lipinski definition) is 2. The number of amides is 2. The van der Waals surface area contributed by atoms with Gasteiger partial charge in [-0.2, -0.15) is 0 Å². The maximum absolute atomic E-state index is 11.9.